The van der Waals surface area contributed by atoms with Crippen LogP contribution in [-0.4, -0.2) is 23.4 Å². The molecule has 0 aliphatic carbocycles. The third kappa shape index (κ3) is 7.10. The van der Waals surface area contributed by atoms with E-state index in [1.807, 2.05) is 13.8 Å². The van der Waals surface area contributed by atoms with Crippen molar-refractivity contribution in [1.82, 2.24) is 0 Å². The molecule has 0 aliphatic heterocycles. The SMILES string of the molecule is CC.NC(CC=O)C(=O)O. The Morgan fingerprint density at radius 1 is 1.70 bits per heavy atom. The largest absolute Gasteiger partial charge is 0.480 e. The molecule has 0 aliphatic rings. The fourth-order valence-electron chi connectivity index (χ4n) is 0.204. The van der Waals surface area contributed by atoms with Gasteiger partial charge in [-0.1, -0.05) is 13.8 Å². The molecule has 10 heavy (non-hydrogen) atoms. The van der Waals surface area contributed by atoms with Crippen molar-refractivity contribution in [3.05, 3.63) is 0 Å². The van der Waals surface area contributed by atoms with Crippen molar-refractivity contribution in [3.63, 3.8) is 0 Å². The maximum atomic E-state index is 9.81. The highest BCUT2D eigenvalue weighted by Gasteiger charge is 2.08. The van der Waals surface area contributed by atoms with Crippen molar-refractivity contribution in [2.75, 3.05) is 0 Å². The molecule has 60 valence electrons. The molecule has 0 rings (SSSR count). The second kappa shape index (κ2) is 8.10. The summed E-state index contributed by atoms with van der Waals surface area (Å²) < 4.78 is 0. The lowest BCUT2D eigenvalue weighted by Crippen LogP contribution is -2.30. The van der Waals surface area contributed by atoms with Gasteiger partial charge in [0.25, 0.3) is 0 Å². The molecule has 1 unspecified atom stereocenters. The molecule has 0 aromatic rings. The first-order valence-electron chi connectivity index (χ1n) is 3.10. The molecule has 0 amide bonds. The van der Waals surface area contributed by atoms with Gasteiger partial charge in [-0.15, -0.1) is 0 Å². The van der Waals surface area contributed by atoms with Crippen LogP contribution in [-0.2, 0) is 9.59 Å². The molecule has 0 spiro atoms. The number of aldehydes is 1. The molecule has 0 heterocycles. The minimum absolute atomic E-state index is 0.116. The van der Waals surface area contributed by atoms with Gasteiger partial charge in [0.15, 0.2) is 0 Å². The van der Waals surface area contributed by atoms with E-state index in [0.717, 1.165) is 0 Å². The Balaban J connectivity index is 0. The van der Waals surface area contributed by atoms with Crippen LogP contribution in [0.5, 0.6) is 0 Å². The summed E-state index contributed by atoms with van der Waals surface area (Å²) in [7, 11) is 0. The third-order valence-electron chi connectivity index (χ3n) is 0.667. The maximum absolute atomic E-state index is 9.81. The average molecular weight is 147 g/mol. The highest BCUT2D eigenvalue weighted by atomic mass is 16.4. The number of carboxylic acid groups (broad SMARTS) is 1. The van der Waals surface area contributed by atoms with E-state index in [2.05, 4.69) is 0 Å². The van der Waals surface area contributed by atoms with Crippen LogP contribution < -0.4 is 5.73 Å². The summed E-state index contributed by atoms with van der Waals surface area (Å²) in [4.78, 5) is 19.4. The van der Waals surface area contributed by atoms with E-state index in [-0.39, 0.29) is 6.42 Å². The van der Waals surface area contributed by atoms with E-state index in [0.29, 0.717) is 6.29 Å². The molecule has 0 bridgehead atoms. The summed E-state index contributed by atoms with van der Waals surface area (Å²) >= 11 is 0. The highest BCUT2D eigenvalue weighted by Crippen LogP contribution is 1.80. The monoisotopic (exact) mass is 147 g/mol. The van der Waals surface area contributed by atoms with Crippen molar-refractivity contribution < 1.29 is 14.7 Å². The van der Waals surface area contributed by atoms with Crippen LogP contribution in [0.15, 0.2) is 0 Å². The summed E-state index contributed by atoms with van der Waals surface area (Å²) in [6.45, 7) is 4.00. The molecule has 0 aromatic heterocycles. The molecule has 0 radical (unpaired) electrons. The van der Waals surface area contributed by atoms with Gasteiger partial charge in [0.1, 0.15) is 12.3 Å². The van der Waals surface area contributed by atoms with Gasteiger partial charge in [-0.3, -0.25) is 4.79 Å². The summed E-state index contributed by atoms with van der Waals surface area (Å²) in [5.41, 5.74) is 4.90. The van der Waals surface area contributed by atoms with Crippen molar-refractivity contribution in [1.29, 1.82) is 0 Å². The van der Waals surface area contributed by atoms with Gasteiger partial charge in [-0.2, -0.15) is 0 Å². The lowest BCUT2D eigenvalue weighted by molar-refractivity contribution is -0.139. The van der Waals surface area contributed by atoms with Crippen molar-refractivity contribution in [3.8, 4) is 0 Å². The maximum Gasteiger partial charge on any atom is 0.320 e. The molecule has 0 fully saturated rings. The number of carbonyl (C=O) groups is 2. The Morgan fingerprint density at radius 2 is 2.10 bits per heavy atom. The number of hydrogen-bond acceptors (Lipinski definition) is 3. The smallest absolute Gasteiger partial charge is 0.320 e. The minimum Gasteiger partial charge on any atom is -0.480 e. The third-order valence-corrected chi connectivity index (χ3v) is 0.667. The van der Waals surface area contributed by atoms with Gasteiger partial charge in [-0.25, -0.2) is 0 Å². The fourth-order valence-corrected chi connectivity index (χ4v) is 0.204. The molecule has 4 nitrogen and oxygen atoms in total. The van der Waals surface area contributed by atoms with Crippen LogP contribution in [0.1, 0.15) is 20.3 Å². The minimum atomic E-state index is -1.14. The normalized spacial score (nSPS) is 10.7. The first-order chi connectivity index (χ1) is 4.68. The molecule has 0 aromatic carbocycles. The average Bonchev–Trinajstić information content (AvgIpc) is 1.93. The van der Waals surface area contributed by atoms with E-state index in [1.165, 1.54) is 0 Å². The van der Waals surface area contributed by atoms with Crippen molar-refractivity contribution >= 4 is 12.3 Å². The van der Waals surface area contributed by atoms with E-state index in [1.54, 1.807) is 0 Å². The Morgan fingerprint density at radius 3 is 2.20 bits per heavy atom. The quantitative estimate of drug-likeness (QED) is 0.551. The van der Waals surface area contributed by atoms with Crippen LogP contribution >= 0.6 is 0 Å². The zero-order chi connectivity index (χ0) is 8.57. The van der Waals surface area contributed by atoms with Gasteiger partial charge >= 0.3 is 5.97 Å². The number of aliphatic carboxylic acids is 1. The molecule has 1 atom stereocenters. The van der Waals surface area contributed by atoms with Crippen LogP contribution in [0.4, 0.5) is 0 Å². The molecule has 0 saturated heterocycles. The fraction of sp³-hybridized carbons (Fsp3) is 0.667. The second-order valence-corrected chi connectivity index (χ2v) is 1.35. The number of carboxylic acids is 1. The number of rotatable bonds is 3. The molecular formula is C6H13NO3. The van der Waals surface area contributed by atoms with Crippen LogP contribution in [0.3, 0.4) is 0 Å². The van der Waals surface area contributed by atoms with E-state index < -0.39 is 12.0 Å². The molecular weight excluding hydrogens is 134 g/mol. The molecule has 0 saturated carbocycles. The number of nitrogens with two attached hydrogens (primary N) is 1. The first kappa shape index (κ1) is 11.8. The highest BCUT2D eigenvalue weighted by molar-refractivity contribution is 5.76. The summed E-state index contributed by atoms with van der Waals surface area (Å²) in [5.74, 6) is -1.14. The standard InChI is InChI=1S/C4H7NO3.C2H6/c5-3(1-2-6)4(7)8;1-2/h2-3H,1,5H2,(H,7,8);1-2H3. The van der Waals surface area contributed by atoms with E-state index in [9.17, 15) is 9.59 Å². The summed E-state index contributed by atoms with van der Waals surface area (Å²) in [6, 6.07) is -1.03. The van der Waals surface area contributed by atoms with Crippen LogP contribution in [0.2, 0.25) is 0 Å². The van der Waals surface area contributed by atoms with Gasteiger partial charge in [-0.05, 0) is 0 Å². The van der Waals surface area contributed by atoms with E-state index >= 15 is 0 Å². The Hall–Kier alpha value is -0.900. The number of carbonyl (C=O) groups excluding carboxylic acids is 1. The molecule has 4 heteroatoms. The summed E-state index contributed by atoms with van der Waals surface area (Å²) in [5, 5.41) is 8.03. The van der Waals surface area contributed by atoms with Crippen molar-refractivity contribution in [2.24, 2.45) is 5.73 Å². The zero-order valence-corrected chi connectivity index (χ0v) is 6.20. The van der Waals surface area contributed by atoms with E-state index in [4.69, 9.17) is 10.8 Å². The second-order valence-electron chi connectivity index (χ2n) is 1.35. The zero-order valence-electron chi connectivity index (χ0n) is 6.20. The predicted octanol–water partition coefficient (Wildman–Crippen LogP) is 0.0135. The van der Waals surface area contributed by atoms with Crippen molar-refractivity contribution in [2.45, 2.75) is 26.3 Å². The lowest BCUT2D eigenvalue weighted by Gasteiger charge is -1.96. The summed E-state index contributed by atoms with van der Waals surface area (Å²) in [6.07, 6.45) is 0.369. The topological polar surface area (TPSA) is 80.4 Å². The molecule has 3 N–H and O–H groups in total. The Labute approximate surface area is 60.0 Å². The Bertz CT molecular complexity index is 103. The van der Waals surface area contributed by atoms with Crippen LogP contribution in [0, 0.1) is 0 Å². The number of hydrogen-bond donors (Lipinski definition) is 2. The van der Waals surface area contributed by atoms with Gasteiger partial charge in [0.2, 0.25) is 0 Å². The van der Waals surface area contributed by atoms with Crippen LogP contribution in [0.25, 0.3) is 0 Å². The van der Waals surface area contributed by atoms with Gasteiger partial charge < -0.3 is 15.6 Å². The van der Waals surface area contributed by atoms with Gasteiger partial charge in [0, 0.05) is 6.42 Å². The first-order valence-corrected chi connectivity index (χ1v) is 3.10. The Kier molecular flexibility index (Phi) is 9.59. The van der Waals surface area contributed by atoms with Gasteiger partial charge in [0.05, 0.1) is 0 Å². The lowest BCUT2D eigenvalue weighted by atomic mass is 10.2. The predicted molar refractivity (Wildman–Crippen MR) is 37.6 cm³/mol.